The summed E-state index contributed by atoms with van der Waals surface area (Å²) in [7, 11) is 3.29. The van der Waals surface area contributed by atoms with E-state index >= 15 is 0 Å². The van der Waals surface area contributed by atoms with Crippen LogP contribution in [-0.2, 0) is 5.41 Å². The van der Waals surface area contributed by atoms with Crippen molar-refractivity contribution in [1.82, 2.24) is 10.3 Å². The standard InChI is InChI=1S/C25H30N4O3S/c1-25(2,18-6-8-19(31-3)9-7-18)22-16-33-24(27-22)28-23(30)17-5-10-20(21(15-17)32-4)29-13-11-26-12-14-29/h5-10,15-16,26H,11-14H2,1-4H3,(H,27,28,30). The molecule has 1 aromatic heterocycles. The summed E-state index contributed by atoms with van der Waals surface area (Å²) in [6, 6.07) is 13.6. The zero-order valence-electron chi connectivity index (χ0n) is 19.5. The molecule has 3 aromatic rings. The number of anilines is 2. The molecule has 1 fully saturated rings. The van der Waals surface area contributed by atoms with Crippen LogP contribution in [0.2, 0.25) is 0 Å². The van der Waals surface area contributed by atoms with E-state index in [1.54, 1.807) is 20.3 Å². The van der Waals surface area contributed by atoms with E-state index in [1.165, 1.54) is 11.3 Å². The molecule has 174 valence electrons. The van der Waals surface area contributed by atoms with E-state index in [9.17, 15) is 4.79 Å². The molecule has 1 amide bonds. The van der Waals surface area contributed by atoms with E-state index < -0.39 is 0 Å². The highest BCUT2D eigenvalue weighted by molar-refractivity contribution is 7.14. The third-order valence-corrected chi connectivity index (χ3v) is 6.83. The molecule has 2 heterocycles. The Bertz CT molecular complexity index is 1110. The molecular formula is C25H30N4O3S. The van der Waals surface area contributed by atoms with Crippen molar-refractivity contribution in [1.29, 1.82) is 0 Å². The van der Waals surface area contributed by atoms with Gasteiger partial charge in [0.05, 0.1) is 25.6 Å². The number of carbonyl (C=O) groups is 1. The molecule has 0 bridgehead atoms. The lowest BCUT2D eigenvalue weighted by molar-refractivity contribution is 0.102. The summed E-state index contributed by atoms with van der Waals surface area (Å²) in [5.74, 6) is 1.31. The topological polar surface area (TPSA) is 75.7 Å². The summed E-state index contributed by atoms with van der Waals surface area (Å²) in [4.78, 5) is 19.9. The molecule has 1 aliphatic heterocycles. The van der Waals surface area contributed by atoms with Crippen molar-refractivity contribution < 1.29 is 14.3 Å². The number of benzene rings is 2. The predicted octanol–water partition coefficient (Wildman–Crippen LogP) is 4.15. The Morgan fingerprint density at radius 2 is 1.82 bits per heavy atom. The quantitative estimate of drug-likeness (QED) is 0.545. The number of amides is 1. The Morgan fingerprint density at radius 1 is 1.09 bits per heavy atom. The average molecular weight is 467 g/mol. The molecule has 1 aliphatic rings. The largest absolute Gasteiger partial charge is 0.497 e. The van der Waals surface area contributed by atoms with Gasteiger partial charge < -0.3 is 19.7 Å². The van der Waals surface area contributed by atoms with Gasteiger partial charge in [-0.05, 0) is 35.9 Å². The normalized spacial score (nSPS) is 14.1. The van der Waals surface area contributed by atoms with E-state index in [-0.39, 0.29) is 11.3 Å². The van der Waals surface area contributed by atoms with Gasteiger partial charge in [-0.25, -0.2) is 4.98 Å². The second kappa shape index (κ2) is 9.80. The van der Waals surface area contributed by atoms with Gasteiger partial charge in [-0.1, -0.05) is 26.0 Å². The molecule has 2 aromatic carbocycles. The summed E-state index contributed by atoms with van der Waals surface area (Å²) in [5.41, 5.74) is 3.27. The van der Waals surface area contributed by atoms with Gasteiger partial charge in [0.25, 0.3) is 5.91 Å². The molecule has 33 heavy (non-hydrogen) atoms. The Morgan fingerprint density at radius 3 is 2.48 bits per heavy atom. The van der Waals surface area contributed by atoms with Crippen LogP contribution in [0.25, 0.3) is 0 Å². The fourth-order valence-corrected chi connectivity index (χ4v) is 4.80. The molecule has 0 aliphatic carbocycles. The highest BCUT2D eigenvalue weighted by atomic mass is 32.1. The number of hydrogen-bond acceptors (Lipinski definition) is 7. The van der Waals surface area contributed by atoms with Gasteiger partial charge in [0.2, 0.25) is 0 Å². The van der Waals surface area contributed by atoms with Crippen molar-refractivity contribution in [2.24, 2.45) is 0 Å². The van der Waals surface area contributed by atoms with E-state index in [2.05, 4.69) is 29.4 Å². The van der Waals surface area contributed by atoms with Crippen LogP contribution in [0.5, 0.6) is 11.5 Å². The van der Waals surface area contributed by atoms with E-state index in [1.807, 2.05) is 41.8 Å². The van der Waals surface area contributed by atoms with Gasteiger partial charge in [-0.15, -0.1) is 11.3 Å². The van der Waals surface area contributed by atoms with Gasteiger partial charge >= 0.3 is 0 Å². The van der Waals surface area contributed by atoms with Crippen molar-refractivity contribution in [3.8, 4) is 11.5 Å². The van der Waals surface area contributed by atoms with E-state index in [0.29, 0.717) is 16.4 Å². The number of nitrogens with one attached hydrogen (secondary N) is 2. The molecule has 0 spiro atoms. The maximum absolute atomic E-state index is 12.9. The smallest absolute Gasteiger partial charge is 0.257 e. The lowest BCUT2D eigenvalue weighted by Crippen LogP contribution is -2.43. The Labute approximate surface area is 198 Å². The zero-order valence-corrected chi connectivity index (χ0v) is 20.3. The summed E-state index contributed by atoms with van der Waals surface area (Å²) in [6.45, 7) is 7.93. The highest BCUT2D eigenvalue weighted by Crippen LogP contribution is 2.35. The monoisotopic (exact) mass is 466 g/mol. The first-order valence-corrected chi connectivity index (χ1v) is 11.9. The molecular weight excluding hydrogens is 436 g/mol. The maximum atomic E-state index is 12.9. The predicted molar refractivity (Wildman–Crippen MR) is 133 cm³/mol. The molecule has 0 unspecified atom stereocenters. The Balaban J connectivity index is 1.49. The molecule has 2 N–H and O–H groups in total. The minimum atomic E-state index is -0.306. The first-order chi connectivity index (χ1) is 15.9. The molecule has 0 saturated carbocycles. The minimum Gasteiger partial charge on any atom is -0.497 e. The van der Waals surface area contributed by atoms with Crippen LogP contribution in [0.4, 0.5) is 10.8 Å². The van der Waals surface area contributed by atoms with E-state index in [0.717, 1.165) is 48.9 Å². The summed E-state index contributed by atoms with van der Waals surface area (Å²) < 4.78 is 10.9. The second-order valence-electron chi connectivity index (χ2n) is 8.47. The fraction of sp³-hybridized carbons (Fsp3) is 0.360. The van der Waals surface area contributed by atoms with Gasteiger partial charge in [0, 0.05) is 42.5 Å². The summed E-state index contributed by atoms with van der Waals surface area (Å²) >= 11 is 1.42. The lowest BCUT2D eigenvalue weighted by Gasteiger charge is -2.30. The van der Waals surface area contributed by atoms with E-state index in [4.69, 9.17) is 14.5 Å². The van der Waals surface area contributed by atoms with Crippen molar-refractivity contribution in [3.63, 3.8) is 0 Å². The molecule has 0 atom stereocenters. The zero-order chi connectivity index (χ0) is 23.4. The van der Waals surface area contributed by atoms with Crippen molar-refractivity contribution in [2.45, 2.75) is 19.3 Å². The number of nitrogens with zero attached hydrogens (tertiary/aromatic N) is 2. The molecule has 4 rings (SSSR count). The van der Waals surface area contributed by atoms with Gasteiger partial charge in [0.15, 0.2) is 5.13 Å². The number of methoxy groups -OCH3 is 2. The van der Waals surface area contributed by atoms with Crippen LogP contribution < -0.4 is 25.0 Å². The van der Waals surface area contributed by atoms with Crippen molar-refractivity contribution >= 4 is 28.1 Å². The summed E-state index contributed by atoms with van der Waals surface area (Å²) in [6.07, 6.45) is 0. The van der Waals surface area contributed by atoms with Crippen molar-refractivity contribution in [2.75, 3.05) is 50.6 Å². The number of thiazole rings is 1. The number of hydrogen-bond donors (Lipinski definition) is 2. The Hall–Kier alpha value is -3.10. The average Bonchev–Trinajstić information content (AvgIpc) is 3.33. The third kappa shape index (κ3) is 4.96. The van der Waals surface area contributed by atoms with Crippen LogP contribution in [0.1, 0.15) is 35.5 Å². The SMILES string of the molecule is COc1ccc(C(C)(C)c2csc(NC(=O)c3ccc(N4CCNCC4)c(OC)c3)n2)cc1. The summed E-state index contributed by atoms with van der Waals surface area (Å²) in [5, 5.41) is 8.85. The molecule has 8 heteroatoms. The first-order valence-electron chi connectivity index (χ1n) is 11.0. The Kier molecular flexibility index (Phi) is 6.85. The second-order valence-corrected chi connectivity index (χ2v) is 9.33. The molecule has 7 nitrogen and oxygen atoms in total. The van der Waals surface area contributed by atoms with Crippen LogP contribution in [0.15, 0.2) is 47.8 Å². The van der Waals surface area contributed by atoms with Gasteiger partial charge in [0.1, 0.15) is 11.5 Å². The lowest BCUT2D eigenvalue weighted by atomic mass is 9.82. The number of aromatic nitrogens is 1. The molecule has 0 radical (unpaired) electrons. The fourth-order valence-electron chi connectivity index (χ4n) is 3.93. The van der Waals surface area contributed by atoms with Crippen LogP contribution in [0.3, 0.4) is 0 Å². The van der Waals surface area contributed by atoms with Crippen LogP contribution >= 0.6 is 11.3 Å². The third-order valence-electron chi connectivity index (χ3n) is 6.08. The number of ether oxygens (including phenoxy) is 2. The van der Waals surface area contributed by atoms with Gasteiger partial charge in [-0.3, -0.25) is 10.1 Å². The number of rotatable bonds is 7. The number of carbonyl (C=O) groups excluding carboxylic acids is 1. The van der Waals surface area contributed by atoms with Crippen molar-refractivity contribution in [3.05, 3.63) is 64.7 Å². The first kappa shape index (κ1) is 23.1. The number of piperazine rings is 1. The maximum Gasteiger partial charge on any atom is 0.257 e. The van der Waals surface area contributed by atoms with Crippen LogP contribution in [0, 0.1) is 0 Å². The molecule has 1 saturated heterocycles. The highest BCUT2D eigenvalue weighted by Gasteiger charge is 2.27. The minimum absolute atomic E-state index is 0.205. The van der Waals surface area contributed by atoms with Crippen LogP contribution in [-0.4, -0.2) is 51.3 Å². The van der Waals surface area contributed by atoms with Gasteiger partial charge in [-0.2, -0.15) is 0 Å².